The predicted octanol–water partition coefficient (Wildman–Crippen LogP) is 1.65. The minimum atomic E-state index is -0.805. The normalized spacial score (nSPS) is 15.2. The first-order chi connectivity index (χ1) is 11.0. The second-order valence-corrected chi connectivity index (χ2v) is 5.29. The number of carboxylic acid groups (broad SMARTS) is 1. The molecule has 23 heavy (non-hydrogen) atoms. The van der Waals surface area contributed by atoms with Crippen molar-refractivity contribution in [2.75, 3.05) is 34.4 Å². The van der Waals surface area contributed by atoms with Gasteiger partial charge in [-0.15, -0.1) is 0 Å². The smallest absolute Gasteiger partial charge is 0.306 e. The van der Waals surface area contributed by atoms with Crippen LogP contribution in [-0.2, 0) is 4.79 Å². The Morgan fingerprint density at radius 3 is 2.13 bits per heavy atom. The van der Waals surface area contributed by atoms with Gasteiger partial charge in [-0.2, -0.15) is 0 Å². The molecule has 0 aliphatic carbocycles. The zero-order valence-electron chi connectivity index (χ0n) is 13.5. The minimum Gasteiger partial charge on any atom is -0.493 e. The van der Waals surface area contributed by atoms with Crippen LogP contribution in [0.5, 0.6) is 17.2 Å². The number of rotatable bonds is 5. The van der Waals surface area contributed by atoms with Gasteiger partial charge in [0.1, 0.15) is 0 Å². The third kappa shape index (κ3) is 3.33. The van der Waals surface area contributed by atoms with E-state index in [1.165, 1.54) is 21.3 Å². The molecule has 1 saturated heterocycles. The summed E-state index contributed by atoms with van der Waals surface area (Å²) in [5, 5.41) is 9.03. The Balaban J connectivity index is 2.25. The summed E-state index contributed by atoms with van der Waals surface area (Å²) in [6, 6.07) is 3.28. The average Bonchev–Trinajstić information content (AvgIpc) is 2.59. The zero-order valence-corrected chi connectivity index (χ0v) is 13.5. The van der Waals surface area contributed by atoms with Crippen LogP contribution in [0.3, 0.4) is 0 Å². The number of carbonyl (C=O) groups excluding carboxylic acids is 1. The van der Waals surface area contributed by atoms with Crippen molar-refractivity contribution in [3.8, 4) is 17.2 Å². The largest absolute Gasteiger partial charge is 0.493 e. The van der Waals surface area contributed by atoms with Gasteiger partial charge >= 0.3 is 5.97 Å². The van der Waals surface area contributed by atoms with Gasteiger partial charge in [0.05, 0.1) is 32.8 Å². The quantitative estimate of drug-likeness (QED) is 0.887. The number of benzene rings is 1. The van der Waals surface area contributed by atoms with Crippen molar-refractivity contribution in [1.29, 1.82) is 0 Å². The Bertz CT molecular complexity index is 592. The molecular weight excluding hydrogens is 302 g/mol. The summed E-state index contributed by atoms with van der Waals surface area (Å²) in [6.07, 6.45) is 0.910. The molecule has 0 aromatic heterocycles. The lowest BCUT2D eigenvalue weighted by Crippen LogP contribution is -2.40. The first-order valence-corrected chi connectivity index (χ1v) is 7.34. The van der Waals surface area contributed by atoms with Crippen LogP contribution in [0.25, 0.3) is 0 Å². The third-order valence-corrected chi connectivity index (χ3v) is 4.07. The molecule has 0 spiro atoms. The number of ether oxygens (including phenoxy) is 3. The lowest BCUT2D eigenvalue weighted by molar-refractivity contribution is -0.143. The highest BCUT2D eigenvalue weighted by Gasteiger charge is 2.30. The summed E-state index contributed by atoms with van der Waals surface area (Å²) in [5.41, 5.74) is 0.374. The van der Waals surface area contributed by atoms with E-state index in [2.05, 4.69) is 0 Å². The fraction of sp³-hybridized carbons (Fsp3) is 0.500. The number of piperidine rings is 1. The molecule has 1 aliphatic heterocycles. The van der Waals surface area contributed by atoms with Crippen LogP contribution >= 0.6 is 0 Å². The number of hydrogen-bond donors (Lipinski definition) is 1. The Kier molecular flexibility index (Phi) is 5.31. The molecule has 7 nitrogen and oxygen atoms in total. The van der Waals surface area contributed by atoms with E-state index in [9.17, 15) is 9.59 Å². The highest BCUT2D eigenvalue weighted by atomic mass is 16.5. The fourth-order valence-electron chi connectivity index (χ4n) is 2.77. The molecule has 7 heteroatoms. The highest BCUT2D eigenvalue weighted by molar-refractivity contribution is 5.98. The molecule has 0 saturated carbocycles. The summed E-state index contributed by atoms with van der Waals surface area (Å²) >= 11 is 0. The second kappa shape index (κ2) is 7.21. The summed E-state index contributed by atoms with van der Waals surface area (Å²) < 4.78 is 15.8. The predicted molar refractivity (Wildman–Crippen MR) is 82.4 cm³/mol. The van der Waals surface area contributed by atoms with Crippen LogP contribution in [0.4, 0.5) is 0 Å². The molecule has 0 atom stereocenters. The lowest BCUT2D eigenvalue weighted by Gasteiger charge is -2.30. The second-order valence-electron chi connectivity index (χ2n) is 5.29. The van der Waals surface area contributed by atoms with E-state index >= 15 is 0 Å². The van der Waals surface area contributed by atoms with E-state index in [1.54, 1.807) is 17.0 Å². The number of carboxylic acids is 1. The van der Waals surface area contributed by atoms with Gasteiger partial charge in [-0.3, -0.25) is 9.59 Å². The summed E-state index contributed by atoms with van der Waals surface area (Å²) in [5.74, 6) is -0.234. The number of aliphatic carboxylic acids is 1. The molecule has 0 radical (unpaired) electrons. The third-order valence-electron chi connectivity index (χ3n) is 4.07. The standard InChI is InChI=1S/C16H21NO6/c1-21-12-5-4-11(13(22-2)14(12)23-3)15(18)17-8-6-10(7-9-17)16(19)20/h4-5,10H,6-9H2,1-3H3,(H,19,20). The van der Waals surface area contributed by atoms with Gasteiger partial charge in [0.15, 0.2) is 11.5 Å². The molecule has 1 aliphatic rings. The number of nitrogens with zero attached hydrogens (tertiary/aromatic N) is 1. The van der Waals surface area contributed by atoms with Gasteiger partial charge in [0.25, 0.3) is 5.91 Å². The zero-order chi connectivity index (χ0) is 17.0. The van der Waals surface area contributed by atoms with E-state index in [0.29, 0.717) is 48.7 Å². The van der Waals surface area contributed by atoms with Gasteiger partial charge in [-0.05, 0) is 25.0 Å². The Hall–Kier alpha value is -2.44. The molecular formula is C16H21NO6. The number of hydrogen-bond acceptors (Lipinski definition) is 5. The number of carbonyl (C=O) groups is 2. The molecule has 126 valence electrons. The van der Waals surface area contributed by atoms with Crippen LogP contribution < -0.4 is 14.2 Å². The van der Waals surface area contributed by atoms with E-state index in [-0.39, 0.29) is 11.8 Å². The molecule has 0 bridgehead atoms. The summed E-state index contributed by atoms with van der Waals surface area (Å²) in [6.45, 7) is 0.820. The van der Waals surface area contributed by atoms with Crippen LogP contribution in [0.2, 0.25) is 0 Å². The molecule has 0 unspecified atom stereocenters. The molecule has 1 aromatic carbocycles. The molecule has 1 aromatic rings. The number of likely N-dealkylation sites (tertiary alicyclic amines) is 1. The van der Waals surface area contributed by atoms with Crippen molar-refractivity contribution in [2.45, 2.75) is 12.8 Å². The van der Waals surface area contributed by atoms with Crippen molar-refractivity contribution in [3.05, 3.63) is 17.7 Å². The fourth-order valence-corrected chi connectivity index (χ4v) is 2.77. The molecule has 1 amide bonds. The first kappa shape index (κ1) is 16.9. The maximum absolute atomic E-state index is 12.7. The van der Waals surface area contributed by atoms with Crippen molar-refractivity contribution in [2.24, 2.45) is 5.92 Å². The van der Waals surface area contributed by atoms with Crippen molar-refractivity contribution < 1.29 is 28.9 Å². The Morgan fingerprint density at radius 1 is 1.04 bits per heavy atom. The van der Waals surface area contributed by atoms with Crippen LogP contribution in [0.15, 0.2) is 12.1 Å². The average molecular weight is 323 g/mol. The minimum absolute atomic E-state index is 0.202. The van der Waals surface area contributed by atoms with E-state index < -0.39 is 5.97 Å². The maximum Gasteiger partial charge on any atom is 0.306 e. The van der Waals surface area contributed by atoms with Gasteiger partial charge < -0.3 is 24.2 Å². The highest BCUT2D eigenvalue weighted by Crippen LogP contribution is 2.40. The van der Waals surface area contributed by atoms with Gasteiger partial charge in [0, 0.05) is 13.1 Å². The van der Waals surface area contributed by atoms with Gasteiger partial charge in [-0.25, -0.2) is 0 Å². The molecule has 1 heterocycles. The summed E-state index contributed by atoms with van der Waals surface area (Å²) in [4.78, 5) is 25.4. The monoisotopic (exact) mass is 323 g/mol. The van der Waals surface area contributed by atoms with Gasteiger partial charge in [-0.1, -0.05) is 0 Å². The van der Waals surface area contributed by atoms with Crippen LogP contribution in [0, 0.1) is 5.92 Å². The van der Waals surface area contributed by atoms with Crippen molar-refractivity contribution in [3.63, 3.8) is 0 Å². The molecule has 2 rings (SSSR count). The van der Waals surface area contributed by atoms with E-state index in [4.69, 9.17) is 19.3 Å². The summed E-state index contributed by atoms with van der Waals surface area (Å²) in [7, 11) is 4.45. The van der Waals surface area contributed by atoms with E-state index in [1.807, 2.05) is 0 Å². The van der Waals surface area contributed by atoms with Crippen molar-refractivity contribution in [1.82, 2.24) is 4.90 Å². The van der Waals surface area contributed by atoms with Crippen molar-refractivity contribution >= 4 is 11.9 Å². The van der Waals surface area contributed by atoms with Crippen LogP contribution in [0.1, 0.15) is 23.2 Å². The lowest BCUT2D eigenvalue weighted by atomic mass is 9.96. The molecule has 1 N–H and O–H groups in total. The Labute approximate surface area is 134 Å². The van der Waals surface area contributed by atoms with Gasteiger partial charge in [0.2, 0.25) is 5.75 Å². The maximum atomic E-state index is 12.7. The van der Waals surface area contributed by atoms with E-state index in [0.717, 1.165) is 0 Å². The topological polar surface area (TPSA) is 85.3 Å². The SMILES string of the molecule is COc1ccc(C(=O)N2CCC(C(=O)O)CC2)c(OC)c1OC. The number of amides is 1. The Morgan fingerprint density at radius 2 is 1.65 bits per heavy atom. The first-order valence-electron chi connectivity index (χ1n) is 7.34. The molecule has 1 fully saturated rings. The number of methoxy groups -OCH3 is 3. The van der Waals surface area contributed by atoms with Crippen LogP contribution in [-0.4, -0.2) is 56.3 Å².